The van der Waals surface area contributed by atoms with Crippen LogP contribution in [-0.4, -0.2) is 19.3 Å². The van der Waals surface area contributed by atoms with E-state index in [4.69, 9.17) is 0 Å². The van der Waals surface area contributed by atoms with Gasteiger partial charge in [-0.1, -0.05) is 18.2 Å². The largest absolute Gasteiger partial charge is 0.277 e. The Morgan fingerprint density at radius 1 is 1.04 bits per heavy atom. The Labute approximate surface area is 136 Å². The van der Waals surface area contributed by atoms with Crippen LogP contribution in [0.1, 0.15) is 5.56 Å². The quantitative estimate of drug-likeness (QED) is 0.583. The summed E-state index contributed by atoms with van der Waals surface area (Å²) < 4.78 is 16.8. The maximum Gasteiger partial charge on any atom is 0.260 e. The molecule has 0 saturated carbocycles. The van der Waals surface area contributed by atoms with Gasteiger partial charge in [-0.15, -0.1) is 0 Å². The van der Waals surface area contributed by atoms with Gasteiger partial charge in [-0.2, -0.15) is 5.10 Å². The molecule has 2 aromatic carbocycles. The van der Waals surface area contributed by atoms with Gasteiger partial charge >= 0.3 is 0 Å². The normalized spacial score (nSPS) is 11.0. The van der Waals surface area contributed by atoms with E-state index in [-0.39, 0.29) is 17.9 Å². The van der Waals surface area contributed by atoms with Crippen molar-refractivity contribution in [2.75, 3.05) is 0 Å². The second-order valence-corrected chi connectivity index (χ2v) is 5.44. The highest BCUT2D eigenvalue weighted by atomic mass is 19.1. The molecule has 0 N–H and O–H groups in total. The van der Waals surface area contributed by atoms with Crippen molar-refractivity contribution in [3.8, 4) is 5.69 Å². The smallest absolute Gasteiger partial charge is 0.260 e. The van der Waals surface area contributed by atoms with E-state index in [1.807, 2.05) is 30.3 Å². The molecule has 24 heavy (non-hydrogen) atoms. The average molecular weight is 320 g/mol. The maximum atomic E-state index is 13.7. The van der Waals surface area contributed by atoms with Crippen LogP contribution in [0.15, 0.2) is 72.0 Å². The first-order chi connectivity index (χ1) is 11.7. The van der Waals surface area contributed by atoms with Crippen LogP contribution in [-0.2, 0) is 6.54 Å². The molecule has 0 amide bonds. The Balaban J connectivity index is 2.01. The molecule has 118 valence electrons. The lowest BCUT2D eigenvalue weighted by Gasteiger charge is -2.13. The van der Waals surface area contributed by atoms with Gasteiger partial charge in [-0.3, -0.25) is 9.36 Å². The van der Waals surface area contributed by atoms with Crippen LogP contribution >= 0.6 is 0 Å². The van der Waals surface area contributed by atoms with Gasteiger partial charge < -0.3 is 0 Å². The molecule has 0 saturated heterocycles. The van der Waals surface area contributed by atoms with Crippen molar-refractivity contribution in [2.45, 2.75) is 6.54 Å². The lowest BCUT2D eigenvalue weighted by molar-refractivity contribution is 0.629. The molecule has 2 heterocycles. The molecule has 0 aliphatic rings. The minimum atomic E-state index is -0.340. The summed E-state index contributed by atoms with van der Waals surface area (Å²) >= 11 is 0. The van der Waals surface area contributed by atoms with Crippen molar-refractivity contribution in [1.82, 2.24) is 19.3 Å². The summed E-state index contributed by atoms with van der Waals surface area (Å²) in [5, 5.41) is 4.70. The van der Waals surface area contributed by atoms with Crippen LogP contribution in [0.5, 0.6) is 0 Å². The summed E-state index contributed by atoms with van der Waals surface area (Å²) in [6.45, 7) is 0.276. The summed E-state index contributed by atoms with van der Waals surface area (Å²) in [5.41, 5.74) is 1.76. The number of hydrogen-bond acceptors (Lipinski definition) is 3. The van der Waals surface area contributed by atoms with Crippen LogP contribution < -0.4 is 5.56 Å². The van der Waals surface area contributed by atoms with Gasteiger partial charge in [0.2, 0.25) is 0 Å². The topological polar surface area (TPSA) is 52.7 Å². The molecule has 0 radical (unpaired) electrons. The fourth-order valence-corrected chi connectivity index (χ4v) is 2.78. The number of pyridine rings is 1. The number of nitrogens with zero attached hydrogens (tertiary/aromatic N) is 4. The first-order valence-corrected chi connectivity index (χ1v) is 7.44. The summed E-state index contributed by atoms with van der Waals surface area (Å²) in [6, 6.07) is 15.4. The molecule has 0 unspecified atom stereocenters. The van der Waals surface area contributed by atoms with Gasteiger partial charge in [-0.25, -0.2) is 14.1 Å². The molecule has 0 bridgehead atoms. The molecular formula is C18H13FN4O. The molecule has 4 aromatic rings. The molecule has 5 nitrogen and oxygen atoms in total. The van der Waals surface area contributed by atoms with Crippen molar-refractivity contribution >= 4 is 10.9 Å². The number of fused-ring (bicyclic) bond motifs is 1. The van der Waals surface area contributed by atoms with Crippen LogP contribution in [0.4, 0.5) is 4.39 Å². The Morgan fingerprint density at radius 3 is 2.62 bits per heavy atom. The standard InChI is InChI=1S/C18H13FN4O/c19-15-6-7-17-13(9-15)8-14(10-22-12-20-11-21-22)18(24)23(17)16-4-2-1-3-5-16/h1-9,11-12H,10H2. The number of aromatic nitrogens is 4. The number of para-hydroxylation sites is 1. The Kier molecular flexibility index (Phi) is 3.42. The zero-order valence-electron chi connectivity index (χ0n) is 12.6. The van der Waals surface area contributed by atoms with E-state index in [1.54, 1.807) is 27.7 Å². The molecular weight excluding hydrogens is 307 g/mol. The molecule has 2 aromatic heterocycles. The zero-order valence-corrected chi connectivity index (χ0v) is 12.6. The SMILES string of the molecule is O=c1c(Cn2cncn2)cc2cc(F)ccc2n1-c1ccccc1. The van der Waals surface area contributed by atoms with Gasteiger partial charge in [0.05, 0.1) is 12.1 Å². The molecule has 0 aliphatic heterocycles. The third kappa shape index (κ3) is 2.48. The van der Waals surface area contributed by atoms with Gasteiger partial charge in [0.15, 0.2) is 0 Å². The summed E-state index contributed by atoms with van der Waals surface area (Å²) in [4.78, 5) is 16.9. The highest BCUT2D eigenvalue weighted by Gasteiger charge is 2.12. The zero-order chi connectivity index (χ0) is 16.5. The third-order valence-corrected chi connectivity index (χ3v) is 3.85. The summed E-state index contributed by atoms with van der Waals surface area (Å²) in [6.07, 6.45) is 2.96. The minimum absolute atomic E-state index is 0.157. The van der Waals surface area contributed by atoms with Crippen LogP contribution in [0.3, 0.4) is 0 Å². The molecule has 0 spiro atoms. The van der Waals surface area contributed by atoms with Crippen molar-refractivity contribution < 1.29 is 4.39 Å². The van der Waals surface area contributed by atoms with Crippen molar-refractivity contribution in [3.63, 3.8) is 0 Å². The third-order valence-electron chi connectivity index (χ3n) is 3.85. The molecule has 0 aliphatic carbocycles. The van der Waals surface area contributed by atoms with Crippen molar-refractivity contribution in [1.29, 1.82) is 0 Å². The van der Waals surface area contributed by atoms with E-state index in [0.29, 0.717) is 16.5 Å². The second kappa shape index (κ2) is 5.73. The lowest BCUT2D eigenvalue weighted by atomic mass is 10.1. The van der Waals surface area contributed by atoms with E-state index in [2.05, 4.69) is 10.1 Å². The fourth-order valence-electron chi connectivity index (χ4n) is 2.78. The Morgan fingerprint density at radius 2 is 1.88 bits per heavy atom. The monoisotopic (exact) mass is 320 g/mol. The predicted octanol–water partition coefficient (Wildman–Crippen LogP) is 2.77. The van der Waals surface area contributed by atoms with E-state index >= 15 is 0 Å². The molecule has 0 atom stereocenters. The highest BCUT2D eigenvalue weighted by Crippen LogP contribution is 2.19. The maximum absolute atomic E-state index is 13.7. The summed E-state index contributed by atoms with van der Waals surface area (Å²) in [7, 11) is 0. The van der Waals surface area contributed by atoms with E-state index in [0.717, 1.165) is 5.69 Å². The Hall–Kier alpha value is -3.28. The average Bonchev–Trinajstić information content (AvgIpc) is 3.10. The molecule has 0 fully saturated rings. The van der Waals surface area contributed by atoms with Gasteiger partial charge in [0.25, 0.3) is 5.56 Å². The number of hydrogen-bond donors (Lipinski definition) is 0. The predicted molar refractivity (Wildman–Crippen MR) is 88.6 cm³/mol. The number of halogens is 1. The molecule has 6 heteroatoms. The van der Waals surface area contributed by atoms with Gasteiger partial charge in [0.1, 0.15) is 18.5 Å². The lowest BCUT2D eigenvalue weighted by Crippen LogP contribution is -2.24. The van der Waals surface area contributed by atoms with Crippen LogP contribution in [0, 0.1) is 5.82 Å². The van der Waals surface area contributed by atoms with E-state index in [9.17, 15) is 9.18 Å². The fraction of sp³-hybridized carbons (Fsp3) is 0.0556. The van der Waals surface area contributed by atoms with Crippen LogP contribution in [0.25, 0.3) is 16.6 Å². The minimum Gasteiger partial charge on any atom is -0.277 e. The van der Waals surface area contributed by atoms with E-state index in [1.165, 1.54) is 18.5 Å². The van der Waals surface area contributed by atoms with Gasteiger partial charge in [-0.05, 0) is 36.4 Å². The Bertz CT molecular complexity index is 1060. The number of rotatable bonds is 3. The molecule has 4 rings (SSSR count). The van der Waals surface area contributed by atoms with Crippen molar-refractivity contribution in [3.05, 3.63) is 89.0 Å². The van der Waals surface area contributed by atoms with E-state index < -0.39 is 0 Å². The number of benzene rings is 2. The first-order valence-electron chi connectivity index (χ1n) is 7.44. The van der Waals surface area contributed by atoms with Crippen molar-refractivity contribution in [2.24, 2.45) is 0 Å². The first kappa shape index (κ1) is 14.3. The van der Waals surface area contributed by atoms with Gasteiger partial charge in [0, 0.05) is 16.6 Å². The highest BCUT2D eigenvalue weighted by molar-refractivity contribution is 5.81. The summed E-state index contributed by atoms with van der Waals surface area (Å²) in [5.74, 6) is -0.340. The van der Waals surface area contributed by atoms with Crippen LogP contribution in [0.2, 0.25) is 0 Å². The second-order valence-electron chi connectivity index (χ2n) is 5.44.